The van der Waals surface area contributed by atoms with Crippen molar-refractivity contribution >= 4 is 34.7 Å². The lowest BCUT2D eigenvalue weighted by Gasteiger charge is -2.06. The summed E-state index contributed by atoms with van der Waals surface area (Å²) in [6, 6.07) is 15.7. The molecule has 0 unspecified atom stereocenters. The third kappa shape index (κ3) is 2.80. The molecule has 1 amide bonds. The van der Waals surface area contributed by atoms with Gasteiger partial charge in [0.05, 0.1) is 5.70 Å². The quantitative estimate of drug-likeness (QED) is 0.657. The standard InChI is InChI=1S/C17H11ClN4O/c18-10-5-7-11(8-6-10)21-17(23)14(9-19)15-12-3-1-2-4-13(12)16(20)22-15/h1-8H,(H2,20,22)(H,21,23)/b15-14-. The number of halogens is 1. The highest BCUT2D eigenvalue weighted by atomic mass is 35.5. The molecule has 3 rings (SSSR count). The lowest BCUT2D eigenvalue weighted by Crippen LogP contribution is -2.14. The minimum absolute atomic E-state index is 0.0900. The topological polar surface area (TPSA) is 91.3 Å². The minimum atomic E-state index is -0.543. The Labute approximate surface area is 137 Å². The summed E-state index contributed by atoms with van der Waals surface area (Å²) in [5.74, 6) is -0.249. The van der Waals surface area contributed by atoms with Gasteiger partial charge in [-0.2, -0.15) is 5.26 Å². The first-order valence-electron chi connectivity index (χ1n) is 6.75. The lowest BCUT2D eigenvalue weighted by atomic mass is 10.0. The van der Waals surface area contributed by atoms with Gasteiger partial charge in [0.25, 0.3) is 5.91 Å². The van der Waals surface area contributed by atoms with Crippen molar-refractivity contribution in [2.75, 3.05) is 5.32 Å². The number of nitrogens with zero attached hydrogens (tertiary/aromatic N) is 2. The van der Waals surface area contributed by atoms with Crippen molar-refractivity contribution in [1.82, 2.24) is 0 Å². The number of benzene rings is 2. The Balaban J connectivity index is 1.99. The Hall–Kier alpha value is -3.10. The highest BCUT2D eigenvalue weighted by molar-refractivity contribution is 6.30. The maximum absolute atomic E-state index is 12.4. The number of anilines is 1. The van der Waals surface area contributed by atoms with Crippen LogP contribution in [0.1, 0.15) is 11.1 Å². The van der Waals surface area contributed by atoms with Crippen molar-refractivity contribution in [3.63, 3.8) is 0 Å². The van der Waals surface area contributed by atoms with E-state index in [1.807, 2.05) is 12.1 Å². The van der Waals surface area contributed by atoms with Crippen LogP contribution in [0.3, 0.4) is 0 Å². The molecule has 0 bridgehead atoms. The first-order chi connectivity index (χ1) is 11.1. The zero-order chi connectivity index (χ0) is 16.4. The predicted molar refractivity (Wildman–Crippen MR) is 89.8 cm³/mol. The average molecular weight is 323 g/mol. The molecular weight excluding hydrogens is 312 g/mol. The van der Waals surface area contributed by atoms with E-state index in [0.29, 0.717) is 22.1 Å². The van der Waals surface area contributed by atoms with E-state index in [1.54, 1.807) is 42.5 Å². The molecule has 3 N–H and O–H groups in total. The second kappa shape index (κ2) is 5.95. The summed E-state index contributed by atoms with van der Waals surface area (Å²) in [5, 5.41) is 12.6. The normalized spacial score (nSPS) is 14.5. The smallest absolute Gasteiger partial charge is 0.268 e. The summed E-state index contributed by atoms with van der Waals surface area (Å²) >= 11 is 5.81. The molecule has 1 aliphatic heterocycles. The number of carbonyl (C=O) groups is 1. The maximum Gasteiger partial charge on any atom is 0.268 e. The fourth-order valence-electron chi connectivity index (χ4n) is 2.28. The fourth-order valence-corrected chi connectivity index (χ4v) is 2.41. The van der Waals surface area contributed by atoms with Crippen LogP contribution in [-0.2, 0) is 4.79 Å². The van der Waals surface area contributed by atoms with Crippen LogP contribution in [0, 0.1) is 11.3 Å². The molecule has 1 heterocycles. The van der Waals surface area contributed by atoms with E-state index in [0.717, 1.165) is 5.56 Å². The number of carbonyl (C=O) groups excluding carboxylic acids is 1. The Morgan fingerprint density at radius 3 is 2.43 bits per heavy atom. The number of hydrogen-bond donors (Lipinski definition) is 2. The van der Waals surface area contributed by atoms with Gasteiger partial charge in [-0.05, 0) is 24.3 Å². The highest BCUT2D eigenvalue weighted by Gasteiger charge is 2.24. The summed E-state index contributed by atoms with van der Waals surface area (Å²) in [5.41, 5.74) is 7.98. The highest BCUT2D eigenvalue weighted by Crippen LogP contribution is 2.30. The summed E-state index contributed by atoms with van der Waals surface area (Å²) in [4.78, 5) is 16.6. The summed E-state index contributed by atoms with van der Waals surface area (Å²) in [6.45, 7) is 0. The van der Waals surface area contributed by atoms with Gasteiger partial charge in [0.15, 0.2) is 0 Å². The molecule has 112 valence electrons. The maximum atomic E-state index is 12.4. The number of nitriles is 1. The van der Waals surface area contributed by atoms with Crippen LogP contribution >= 0.6 is 11.6 Å². The predicted octanol–water partition coefficient (Wildman–Crippen LogP) is 2.93. The van der Waals surface area contributed by atoms with Crippen molar-refractivity contribution in [2.24, 2.45) is 10.7 Å². The van der Waals surface area contributed by atoms with E-state index in [2.05, 4.69) is 10.3 Å². The molecule has 0 saturated carbocycles. The monoisotopic (exact) mass is 322 g/mol. The third-order valence-corrected chi connectivity index (χ3v) is 3.62. The van der Waals surface area contributed by atoms with Gasteiger partial charge in [-0.1, -0.05) is 35.9 Å². The number of amides is 1. The fraction of sp³-hybridized carbons (Fsp3) is 0. The second-order valence-corrected chi connectivity index (χ2v) is 5.28. The van der Waals surface area contributed by atoms with Gasteiger partial charge in [0.2, 0.25) is 0 Å². The Bertz CT molecular complexity index is 892. The minimum Gasteiger partial charge on any atom is -0.383 e. The molecule has 0 atom stereocenters. The molecule has 0 aromatic heterocycles. The van der Waals surface area contributed by atoms with Crippen LogP contribution in [0.2, 0.25) is 5.02 Å². The van der Waals surface area contributed by atoms with Gasteiger partial charge >= 0.3 is 0 Å². The number of nitrogens with one attached hydrogen (secondary N) is 1. The van der Waals surface area contributed by atoms with Gasteiger partial charge in [0.1, 0.15) is 17.5 Å². The van der Waals surface area contributed by atoms with Gasteiger partial charge in [-0.25, -0.2) is 4.99 Å². The first-order valence-corrected chi connectivity index (χ1v) is 7.13. The Kier molecular flexibility index (Phi) is 3.83. The molecule has 0 aliphatic carbocycles. The van der Waals surface area contributed by atoms with Crippen molar-refractivity contribution in [3.8, 4) is 6.07 Å². The summed E-state index contributed by atoms with van der Waals surface area (Å²) in [6.07, 6.45) is 0. The van der Waals surface area contributed by atoms with Crippen molar-refractivity contribution < 1.29 is 4.79 Å². The number of nitrogens with two attached hydrogens (primary N) is 1. The molecule has 2 aromatic carbocycles. The van der Waals surface area contributed by atoms with E-state index in [-0.39, 0.29) is 11.3 Å². The number of fused-ring (bicyclic) bond motifs is 1. The van der Waals surface area contributed by atoms with Crippen LogP contribution in [0.4, 0.5) is 5.69 Å². The molecule has 23 heavy (non-hydrogen) atoms. The van der Waals surface area contributed by atoms with Gasteiger partial charge in [-0.3, -0.25) is 4.79 Å². The number of aliphatic imine (C=N–C) groups is 1. The summed E-state index contributed by atoms with van der Waals surface area (Å²) < 4.78 is 0. The molecule has 5 nitrogen and oxygen atoms in total. The molecule has 1 aliphatic rings. The van der Waals surface area contributed by atoms with Gasteiger partial charge in [-0.15, -0.1) is 0 Å². The zero-order valence-corrected chi connectivity index (χ0v) is 12.6. The molecular formula is C17H11ClN4O. The SMILES string of the molecule is N#C/C(C(=O)Nc1ccc(Cl)cc1)=C1/N=C(N)c2ccccc21. The van der Waals surface area contributed by atoms with E-state index in [4.69, 9.17) is 17.3 Å². The number of rotatable bonds is 2. The summed E-state index contributed by atoms with van der Waals surface area (Å²) in [7, 11) is 0. The van der Waals surface area contributed by atoms with Crippen LogP contribution < -0.4 is 11.1 Å². The van der Waals surface area contributed by atoms with Crippen LogP contribution in [0.15, 0.2) is 59.1 Å². The lowest BCUT2D eigenvalue weighted by molar-refractivity contribution is -0.112. The van der Waals surface area contributed by atoms with E-state index >= 15 is 0 Å². The van der Waals surface area contributed by atoms with Crippen LogP contribution in [0.5, 0.6) is 0 Å². The first kappa shape index (κ1) is 14.8. The number of amidine groups is 1. The van der Waals surface area contributed by atoms with E-state index in [1.165, 1.54) is 0 Å². The largest absolute Gasteiger partial charge is 0.383 e. The van der Waals surface area contributed by atoms with Crippen LogP contribution in [0.25, 0.3) is 5.70 Å². The molecule has 6 heteroatoms. The molecule has 0 saturated heterocycles. The second-order valence-electron chi connectivity index (χ2n) is 4.84. The Morgan fingerprint density at radius 1 is 1.13 bits per heavy atom. The third-order valence-electron chi connectivity index (χ3n) is 3.37. The molecule has 0 fully saturated rings. The van der Waals surface area contributed by atoms with Gasteiger partial charge in [0, 0.05) is 21.8 Å². The van der Waals surface area contributed by atoms with Crippen molar-refractivity contribution in [3.05, 3.63) is 70.3 Å². The van der Waals surface area contributed by atoms with Crippen molar-refractivity contribution in [1.29, 1.82) is 5.26 Å². The molecule has 2 aromatic rings. The van der Waals surface area contributed by atoms with Crippen molar-refractivity contribution in [2.45, 2.75) is 0 Å². The van der Waals surface area contributed by atoms with Gasteiger partial charge < -0.3 is 11.1 Å². The number of hydrogen-bond acceptors (Lipinski definition) is 4. The average Bonchev–Trinajstić information content (AvgIpc) is 2.88. The molecule has 0 radical (unpaired) electrons. The Morgan fingerprint density at radius 2 is 1.78 bits per heavy atom. The zero-order valence-electron chi connectivity index (χ0n) is 11.9. The van der Waals surface area contributed by atoms with E-state index < -0.39 is 5.91 Å². The van der Waals surface area contributed by atoms with Crippen LogP contribution in [-0.4, -0.2) is 11.7 Å². The molecule has 0 spiro atoms. The van der Waals surface area contributed by atoms with E-state index in [9.17, 15) is 10.1 Å².